The normalized spacial score (nSPS) is 25.1. The van der Waals surface area contributed by atoms with Gasteiger partial charge in [-0.1, -0.05) is 22.0 Å². The molecule has 2 rings (SSSR count). The van der Waals surface area contributed by atoms with Crippen LogP contribution in [0.1, 0.15) is 25.3 Å². The fraction of sp³-hybridized carbons (Fsp3) is 0.538. The molecule has 1 aromatic carbocycles. The summed E-state index contributed by atoms with van der Waals surface area (Å²) in [6.07, 6.45) is 1.89. The first-order valence-electron chi connectivity index (χ1n) is 5.98. The lowest BCUT2D eigenvalue weighted by Gasteiger charge is -2.39. The Balaban J connectivity index is 2.30. The second-order valence-electron chi connectivity index (χ2n) is 4.96. The SMILES string of the molecule is CC1(O)CCCN(c2cccc(Br)c2CN)C1. The Morgan fingerprint density at radius 3 is 2.94 bits per heavy atom. The van der Waals surface area contributed by atoms with Gasteiger partial charge in [-0.3, -0.25) is 0 Å². The summed E-state index contributed by atoms with van der Waals surface area (Å²) in [6.45, 7) is 4.07. The van der Waals surface area contributed by atoms with Crippen LogP contribution in [-0.2, 0) is 6.54 Å². The number of nitrogens with two attached hydrogens (primary N) is 1. The highest BCUT2D eigenvalue weighted by molar-refractivity contribution is 9.10. The molecule has 1 aliphatic rings. The number of aliphatic hydroxyl groups is 1. The van der Waals surface area contributed by atoms with E-state index in [-0.39, 0.29) is 0 Å². The lowest BCUT2D eigenvalue weighted by Crippen LogP contribution is -2.46. The van der Waals surface area contributed by atoms with Gasteiger partial charge in [-0.2, -0.15) is 0 Å². The summed E-state index contributed by atoms with van der Waals surface area (Å²) in [7, 11) is 0. The van der Waals surface area contributed by atoms with E-state index in [9.17, 15) is 5.11 Å². The van der Waals surface area contributed by atoms with Gasteiger partial charge in [0.15, 0.2) is 0 Å². The number of rotatable bonds is 2. The molecule has 17 heavy (non-hydrogen) atoms. The van der Waals surface area contributed by atoms with Crippen LogP contribution in [0.25, 0.3) is 0 Å². The van der Waals surface area contributed by atoms with Crippen LogP contribution in [0, 0.1) is 0 Å². The fourth-order valence-electron chi connectivity index (χ4n) is 2.47. The summed E-state index contributed by atoms with van der Waals surface area (Å²) in [5, 5.41) is 10.2. The van der Waals surface area contributed by atoms with Crippen molar-refractivity contribution in [3.8, 4) is 0 Å². The van der Waals surface area contributed by atoms with Crippen LogP contribution in [0.15, 0.2) is 22.7 Å². The Kier molecular flexibility index (Phi) is 3.76. The van der Waals surface area contributed by atoms with Crippen LogP contribution in [-0.4, -0.2) is 23.8 Å². The average Bonchev–Trinajstić information content (AvgIpc) is 2.27. The minimum Gasteiger partial charge on any atom is -0.388 e. The molecule has 0 saturated carbocycles. The van der Waals surface area contributed by atoms with Gasteiger partial charge < -0.3 is 15.7 Å². The van der Waals surface area contributed by atoms with Gasteiger partial charge in [-0.15, -0.1) is 0 Å². The molecule has 4 heteroatoms. The second-order valence-corrected chi connectivity index (χ2v) is 5.82. The fourth-order valence-corrected chi connectivity index (χ4v) is 2.99. The van der Waals surface area contributed by atoms with Gasteiger partial charge in [-0.25, -0.2) is 0 Å². The van der Waals surface area contributed by atoms with Crippen molar-refractivity contribution < 1.29 is 5.11 Å². The Bertz CT molecular complexity index is 406. The largest absolute Gasteiger partial charge is 0.388 e. The van der Waals surface area contributed by atoms with Crippen LogP contribution < -0.4 is 10.6 Å². The summed E-state index contributed by atoms with van der Waals surface area (Å²) in [6, 6.07) is 6.10. The van der Waals surface area contributed by atoms with Crippen molar-refractivity contribution in [3.63, 3.8) is 0 Å². The molecular weight excluding hydrogens is 280 g/mol. The van der Waals surface area contributed by atoms with Crippen LogP contribution >= 0.6 is 15.9 Å². The minimum absolute atomic E-state index is 0.509. The highest BCUT2D eigenvalue weighted by Gasteiger charge is 2.29. The quantitative estimate of drug-likeness (QED) is 0.880. The van der Waals surface area contributed by atoms with E-state index < -0.39 is 5.60 Å². The third-order valence-electron chi connectivity index (χ3n) is 3.31. The van der Waals surface area contributed by atoms with E-state index >= 15 is 0 Å². The zero-order valence-corrected chi connectivity index (χ0v) is 11.7. The third-order valence-corrected chi connectivity index (χ3v) is 4.06. The molecule has 1 saturated heterocycles. The number of hydrogen-bond donors (Lipinski definition) is 2. The predicted molar refractivity (Wildman–Crippen MR) is 74.1 cm³/mol. The summed E-state index contributed by atoms with van der Waals surface area (Å²) in [4.78, 5) is 2.23. The van der Waals surface area contributed by atoms with E-state index in [1.165, 1.54) is 0 Å². The van der Waals surface area contributed by atoms with Crippen molar-refractivity contribution in [2.75, 3.05) is 18.0 Å². The summed E-state index contributed by atoms with van der Waals surface area (Å²) in [5.74, 6) is 0. The first-order chi connectivity index (χ1) is 8.03. The van der Waals surface area contributed by atoms with Gasteiger partial charge in [0.25, 0.3) is 0 Å². The molecule has 0 spiro atoms. The number of piperidine rings is 1. The van der Waals surface area contributed by atoms with Crippen molar-refractivity contribution in [2.45, 2.75) is 31.9 Å². The average molecular weight is 299 g/mol. The molecule has 0 aliphatic carbocycles. The number of halogens is 1. The van der Waals surface area contributed by atoms with Gasteiger partial charge >= 0.3 is 0 Å². The molecule has 0 amide bonds. The van der Waals surface area contributed by atoms with Crippen molar-refractivity contribution in [3.05, 3.63) is 28.2 Å². The zero-order valence-electron chi connectivity index (χ0n) is 10.1. The van der Waals surface area contributed by atoms with E-state index in [0.717, 1.165) is 35.1 Å². The Hall–Kier alpha value is -0.580. The van der Waals surface area contributed by atoms with E-state index in [2.05, 4.69) is 26.9 Å². The Labute approximate surface area is 111 Å². The highest BCUT2D eigenvalue weighted by Crippen LogP contribution is 2.31. The molecule has 94 valence electrons. The molecule has 0 bridgehead atoms. The number of benzene rings is 1. The molecular formula is C13H19BrN2O. The van der Waals surface area contributed by atoms with Crippen LogP contribution in [0.4, 0.5) is 5.69 Å². The molecule has 0 radical (unpaired) electrons. The van der Waals surface area contributed by atoms with Gasteiger partial charge in [0, 0.05) is 35.4 Å². The predicted octanol–water partition coefficient (Wildman–Crippen LogP) is 2.26. The van der Waals surface area contributed by atoms with E-state index in [4.69, 9.17) is 5.73 Å². The first-order valence-corrected chi connectivity index (χ1v) is 6.77. The third kappa shape index (κ3) is 2.81. The molecule has 3 nitrogen and oxygen atoms in total. The molecule has 0 aromatic heterocycles. The Morgan fingerprint density at radius 1 is 1.53 bits per heavy atom. The Morgan fingerprint density at radius 2 is 2.29 bits per heavy atom. The second kappa shape index (κ2) is 4.96. The lowest BCUT2D eigenvalue weighted by atomic mass is 9.94. The van der Waals surface area contributed by atoms with E-state index in [0.29, 0.717) is 13.1 Å². The van der Waals surface area contributed by atoms with Crippen LogP contribution in [0.5, 0.6) is 0 Å². The maximum absolute atomic E-state index is 10.2. The highest BCUT2D eigenvalue weighted by atomic mass is 79.9. The monoisotopic (exact) mass is 298 g/mol. The van der Waals surface area contributed by atoms with Crippen LogP contribution in [0.2, 0.25) is 0 Å². The van der Waals surface area contributed by atoms with Crippen molar-refractivity contribution in [1.29, 1.82) is 0 Å². The van der Waals surface area contributed by atoms with E-state index in [1.807, 2.05) is 19.1 Å². The minimum atomic E-state index is -0.591. The zero-order chi connectivity index (χ0) is 12.5. The molecule has 1 atom stereocenters. The molecule has 1 unspecified atom stereocenters. The van der Waals surface area contributed by atoms with Crippen molar-refractivity contribution in [1.82, 2.24) is 0 Å². The molecule has 1 heterocycles. The van der Waals surface area contributed by atoms with Gasteiger partial charge in [-0.05, 0) is 31.9 Å². The maximum atomic E-state index is 10.2. The smallest absolute Gasteiger partial charge is 0.0794 e. The molecule has 3 N–H and O–H groups in total. The van der Waals surface area contributed by atoms with Gasteiger partial charge in [0.1, 0.15) is 0 Å². The van der Waals surface area contributed by atoms with Gasteiger partial charge in [0.05, 0.1) is 5.60 Å². The van der Waals surface area contributed by atoms with Crippen LogP contribution in [0.3, 0.4) is 0 Å². The van der Waals surface area contributed by atoms with Gasteiger partial charge in [0.2, 0.25) is 0 Å². The lowest BCUT2D eigenvalue weighted by molar-refractivity contribution is 0.0449. The number of β-amino-alcohol motifs (C(OH)–C–C–N with tert-alkyl or cyclic N) is 1. The van der Waals surface area contributed by atoms with E-state index in [1.54, 1.807) is 0 Å². The topological polar surface area (TPSA) is 49.5 Å². The number of hydrogen-bond acceptors (Lipinski definition) is 3. The van der Waals surface area contributed by atoms with Crippen molar-refractivity contribution in [2.24, 2.45) is 5.73 Å². The summed E-state index contributed by atoms with van der Waals surface area (Å²) >= 11 is 3.53. The number of nitrogens with zero attached hydrogens (tertiary/aromatic N) is 1. The molecule has 1 aromatic rings. The van der Waals surface area contributed by atoms with Crippen molar-refractivity contribution >= 4 is 21.6 Å². The standard InChI is InChI=1S/C13H19BrN2O/c1-13(17)6-3-7-16(9-13)12-5-2-4-11(14)10(12)8-15/h2,4-5,17H,3,6-9,15H2,1H3. The first kappa shape index (κ1) is 12.9. The number of anilines is 1. The maximum Gasteiger partial charge on any atom is 0.0794 e. The molecule has 1 aliphatic heterocycles. The molecule has 1 fully saturated rings. The summed E-state index contributed by atoms with van der Waals surface area (Å²) in [5.41, 5.74) is 7.47. The summed E-state index contributed by atoms with van der Waals surface area (Å²) < 4.78 is 1.04.